The lowest BCUT2D eigenvalue weighted by Crippen LogP contribution is -2.57. The second-order valence-electron chi connectivity index (χ2n) is 7.32. The fourth-order valence-electron chi connectivity index (χ4n) is 3.22. The molecule has 6 heteroatoms. The van der Waals surface area contributed by atoms with Gasteiger partial charge in [-0.1, -0.05) is 51.0 Å². The summed E-state index contributed by atoms with van der Waals surface area (Å²) in [6.45, 7) is 5.30. The predicted octanol–water partition coefficient (Wildman–Crippen LogP) is 2.48. The Hall–Kier alpha value is -1.21. The van der Waals surface area contributed by atoms with Gasteiger partial charge in [-0.25, -0.2) is 0 Å². The second kappa shape index (κ2) is 15.8. The summed E-state index contributed by atoms with van der Waals surface area (Å²) in [5.74, 6) is -0.912. The summed E-state index contributed by atoms with van der Waals surface area (Å²) in [5.41, 5.74) is 0. The van der Waals surface area contributed by atoms with Gasteiger partial charge in [0.15, 0.2) is 0 Å². The number of aliphatic carboxylic acids is 1. The van der Waals surface area contributed by atoms with Crippen LogP contribution in [-0.4, -0.2) is 75.9 Å². The maximum atomic E-state index is 11.1. The summed E-state index contributed by atoms with van der Waals surface area (Å²) >= 11 is 0. The Balaban J connectivity index is 5.04. The molecule has 0 aliphatic rings. The van der Waals surface area contributed by atoms with Crippen LogP contribution in [0.25, 0.3) is 0 Å². The zero-order valence-corrected chi connectivity index (χ0v) is 17.1. The molecule has 0 aromatic carbocycles. The van der Waals surface area contributed by atoms with Crippen molar-refractivity contribution < 1.29 is 29.7 Å². The van der Waals surface area contributed by atoms with E-state index in [1.165, 1.54) is 0 Å². The molecule has 0 aliphatic carbocycles. The summed E-state index contributed by atoms with van der Waals surface area (Å²) < 4.78 is 0.203. The van der Waals surface area contributed by atoms with Crippen molar-refractivity contribution in [3.8, 4) is 0 Å². The third-order valence-corrected chi connectivity index (χ3v) is 4.63. The molecule has 2 atom stereocenters. The minimum atomic E-state index is -0.912. The molecule has 0 fully saturated rings. The van der Waals surface area contributed by atoms with Crippen molar-refractivity contribution in [1.29, 1.82) is 0 Å². The van der Waals surface area contributed by atoms with E-state index in [-0.39, 0.29) is 24.1 Å². The molecule has 2 unspecified atom stereocenters. The molecule has 0 aromatic heterocycles. The molecular weight excluding hydrogens is 346 g/mol. The largest absolute Gasteiger partial charge is 0.481 e. The first-order valence-electron chi connectivity index (χ1n) is 10.2. The number of carboxylic acid groups (broad SMARTS) is 1. The zero-order chi connectivity index (χ0) is 20.5. The molecule has 0 saturated carbocycles. The van der Waals surface area contributed by atoms with E-state index >= 15 is 0 Å². The first kappa shape index (κ1) is 25.8. The van der Waals surface area contributed by atoms with Gasteiger partial charge in [0.05, 0.1) is 19.6 Å². The van der Waals surface area contributed by atoms with Gasteiger partial charge in [-0.15, -0.1) is 0 Å². The van der Waals surface area contributed by atoms with Crippen LogP contribution in [0.3, 0.4) is 0 Å². The minimum Gasteiger partial charge on any atom is -0.481 e. The molecule has 0 amide bonds. The molecule has 27 heavy (non-hydrogen) atoms. The van der Waals surface area contributed by atoms with E-state index in [0.29, 0.717) is 32.5 Å². The van der Waals surface area contributed by atoms with E-state index in [4.69, 9.17) is 5.11 Å². The van der Waals surface area contributed by atoms with Crippen LogP contribution in [0.15, 0.2) is 24.3 Å². The summed E-state index contributed by atoms with van der Waals surface area (Å²) in [7, 11) is 0. The van der Waals surface area contributed by atoms with E-state index in [0.717, 1.165) is 25.7 Å². The summed E-state index contributed by atoms with van der Waals surface area (Å²) in [5, 5.41) is 39.5. The SMILES string of the molecule is CCC/C=C/CC(O)C[N+](CCO)(CCC(=O)O)CC(O)C/C=C/CCC. The Bertz CT molecular complexity index is 410. The van der Waals surface area contributed by atoms with Gasteiger partial charge in [0.25, 0.3) is 0 Å². The van der Waals surface area contributed by atoms with Gasteiger partial charge in [0.1, 0.15) is 31.8 Å². The third-order valence-electron chi connectivity index (χ3n) is 4.63. The molecule has 6 nitrogen and oxygen atoms in total. The Labute approximate surface area is 164 Å². The normalized spacial score (nSPS) is 16.6. The number of aliphatic hydroxyl groups is 3. The van der Waals surface area contributed by atoms with Crippen LogP contribution >= 0.6 is 0 Å². The lowest BCUT2D eigenvalue weighted by atomic mass is 10.1. The maximum Gasteiger partial charge on any atom is 0.309 e. The fourth-order valence-corrected chi connectivity index (χ4v) is 3.22. The monoisotopic (exact) mass is 386 g/mol. The molecule has 0 heterocycles. The highest BCUT2D eigenvalue weighted by Gasteiger charge is 2.32. The number of carboxylic acids is 1. The number of quaternary nitrogens is 1. The smallest absolute Gasteiger partial charge is 0.309 e. The van der Waals surface area contributed by atoms with Crippen LogP contribution in [0, 0.1) is 0 Å². The number of rotatable bonds is 17. The molecule has 0 bridgehead atoms. The molecular formula is C21H40NO5+. The molecule has 0 aromatic rings. The van der Waals surface area contributed by atoms with Crippen LogP contribution in [0.1, 0.15) is 58.8 Å². The maximum absolute atomic E-state index is 11.1. The lowest BCUT2D eigenvalue weighted by molar-refractivity contribution is -0.933. The van der Waals surface area contributed by atoms with Crippen LogP contribution in [0.4, 0.5) is 0 Å². The number of unbranched alkanes of at least 4 members (excludes halogenated alkanes) is 2. The number of allylic oxidation sites excluding steroid dienone is 2. The molecule has 0 radical (unpaired) electrons. The molecule has 4 N–H and O–H groups in total. The molecule has 0 saturated heterocycles. The number of carbonyl (C=O) groups is 1. The third kappa shape index (κ3) is 13.6. The average Bonchev–Trinajstić information content (AvgIpc) is 2.61. The quantitative estimate of drug-likeness (QED) is 0.227. The van der Waals surface area contributed by atoms with E-state index in [9.17, 15) is 20.1 Å². The van der Waals surface area contributed by atoms with Crippen molar-refractivity contribution in [1.82, 2.24) is 0 Å². The van der Waals surface area contributed by atoms with Gasteiger partial charge in [-0.2, -0.15) is 0 Å². The van der Waals surface area contributed by atoms with Crippen LogP contribution in [0.2, 0.25) is 0 Å². The Morgan fingerprint density at radius 1 is 0.889 bits per heavy atom. The molecule has 0 aliphatic heterocycles. The Morgan fingerprint density at radius 2 is 1.37 bits per heavy atom. The lowest BCUT2D eigenvalue weighted by Gasteiger charge is -2.40. The minimum absolute atomic E-state index is 0.0587. The highest BCUT2D eigenvalue weighted by Crippen LogP contribution is 2.15. The molecule has 0 spiro atoms. The van der Waals surface area contributed by atoms with Crippen LogP contribution < -0.4 is 0 Å². The van der Waals surface area contributed by atoms with Gasteiger partial charge < -0.3 is 24.9 Å². The van der Waals surface area contributed by atoms with Crippen molar-refractivity contribution in [2.24, 2.45) is 0 Å². The first-order chi connectivity index (χ1) is 12.9. The fraction of sp³-hybridized carbons (Fsp3) is 0.762. The van der Waals surface area contributed by atoms with Gasteiger partial charge in [0.2, 0.25) is 0 Å². The van der Waals surface area contributed by atoms with E-state index in [1.807, 2.05) is 24.3 Å². The standard InChI is InChI=1S/C21H39NO5/c1-3-5-7-9-11-19(24)17-22(15-16-23,14-13-21(26)27)18-20(25)12-10-8-6-4-2/h7-10,19-20,23-25H,3-6,11-18H2,1-2H3/p+1/b9-7+,10-8+. The van der Waals surface area contributed by atoms with Crippen molar-refractivity contribution in [2.45, 2.75) is 71.0 Å². The second-order valence-corrected chi connectivity index (χ2v) is 7.32. The van der Waals surface area contributed by atoms with E-state index < -0.39 is 18.2 Å². The van der Waals surface area contributed by atoms with Gasteiger partial charge in [-0.3, -0.25) is 4.79 Å². The van der Waals surface area contributed by atoms with E-state index in [1.54, 1.807) is 0 Å². The highest BCUT2D eigenvalue weighted by molar-refractivity contribution is 5.66. The van der Waals surface area contributed by atoms with Crippen LogP contribution in [0.5, 0.6) is 0 Å². The van der Waals surface area contributed by atoms with E-state index in [2.05, 4.69) is 13.8 Å². The summed E-state index contributed by atoms with van der Waals surface area (Å²) in [6.07, 6.45) is 11.6. The predicted molar refractivity (Wildman–Crippen MR) is 108 cm³/mol. The Kier molecular flexibility index (Phi) is 15.1. The van der Waals surface area contributed by atoms with Crippen LogP contribution in [-0.2, 0) is 4.79 Å². The van der Waals surface area contributed by atoms with Crippen molar-refractivity contribution in [3.05, 3.63) is 24.3 Å². The number of hydrogen-bond acceptors (Lipinski definition) is 4. The van der Waals surface area contributed by atoms with Crippen molar-refractivity contribution >= 4 is 5.97 Å². The van der Waals surface area contributed by atoms with Gasteiger partial charge in [-0.05, 0) is 25.7 Å². The number of aliphatic hydroxyl groups excluding tert-OH is 3. The summed E-state index contributed by atoms with van der Waals surface area (Å²) in [4.78, 5) is 11.1. The van der Waals surface area contributed by atoms with Gasteiger partial charge in [0, 0.05) is 0 Å². The van der Waals surface area contributed by atoms with Crippen molar-refractivity contribution in [3.63, 3.8) is 0 Å². The topological polar surface area (TPSA) is 98.0 Å². The van der Waals surface area contributed by atoms with Gasteiger partial charge >= 0.3 is 5.97 Å². The van der Waals surface area contributed by atoms with Crippen molar-refractivity contribution in [2.75, 3.05) is 32.8 Å². The molecule has 0 rings (SSSR count). The average molecular weight is 387 g/mol. The zero-order valence-electron chi connectivity index (χ0n) is 17.1. The highest BCUT2D eigenvalue weighted by atomic mass is 16.4. The summed E-state index contributed by atoms with van der Waals surface area (Å²) in [6, 6.07) is 0. The number of nitrogens with zero attached hydrogens (tertiary/aromatic N) is 1. The Morgan fingerprint density at radius 3 is 1.74 bits per heavy atom. The number of hydrogen-bond donors (Lipinski definition) is 4. The first-order valence-corrected chi connectivity index (χ1v) is 10.2. The molecule has 158 valence electrons.